The van der Waals surface area contributed by atoms with Gasteiger partial charge in [0.1, 0.15) is 0 Å². The summed E-state index contributed by atoms with van der Waals surface area (Å²) in [5.74, 6) is 0. The van der Waals surface area contributed by atoms with Crippen molar-refractivity contribution in [2.24, 2.45) is 0 Å². The van der Waals surface area contributed by atoms with Gasteiger partial charge in [0, 0.05) is 0 Å². The molecule has 0 spiro atoms. The average Bonchev–Trinajstić information content (AvgIpc) is 2.05. The maximum atomic E-state index is 2.12. The Bertz CT molecular complexity index is 290. The normalized spacial score (nSPS) is 6.67. The third kappa shape index (κ3) is 7.29. The van der Waals surface area contributed by atoms with E-state index in [1.165, 1.54) is 10.8 Å². The van der Waals surface area contributed by atoms with E-state index in [0.29, 0.717) is 0 Å². The molecule has 3 nitrogen and oxygen atoms in total. The fraction of sp³-hybridized carbons (Fsp3) is 0. The first-order valence-corrected chi connectivity index (χ1v) is 3.40. The molecule has 2 radical (unpaired) electrons. The number of hydrogen-bond acceptors (Lipinski definition) is 0. The molecule has 0 aromatic heterocycles. The predicted molar refractivity (Wildman–Crippen MR) is 46.0 cm³/mol. The van der Waals surface area contributed by atoms with Gasteiger partial charge in [-0.2, -0.15) is 0 Å². The van der Waals surface area contributed by atoms with Crippen LogP contribution in [0.25, 0.3) is 10.8 Å². The molecule has 2 aromatic rings. The second-order valence-electron chi connectivity index (χ2n) is 2.35. The fourth-order valence-corrected chi connectivity index (χ4v) is 1.13. The minimum atomic E-state index is 0. The topological polar surface area (TPSA) is 85.5 Å². The van der Waals surface area contributed by atoms with Crippen molar-refractivity contribution in [3.8, 4) is 0 Å². The molecule has 0 bridgehead atoms. The van der Waals surface area contributed by atoms with Crippen LogP contribution in [-0.2, 0) is 16.4 Å². The van der Waals surface area contributed by atoms with E-state index in [1.807, 2.05) is 0 Å². The number of rotatable bonds is 0. The van der Waals surface area contributed by atoms with E-state index in [9.17, 15) is 0 Å². The van der Waals surface area contributed by atoms with Crippen molar-refractivity contribution in [2.45, 2.75) is 0 Å². The summed E-state index contributed by atoms with van der Waals surface area (Å²) in [6.07, 6.45) is 0. The van der Waals surface area contributed by atoms with Crippen LogP contribution in [0, 0.1) is 83.5 Å². The number of benzene rings is 2. The van der Waals surface area contributed by atoms with Gasteiger partial charge in [0.2, 0.25) is 0 Å². The molecular weight excluding hydrogens is 448 g/mol. The summed E-state index contributed by atoms with van der Waals surface area (Å²) in [7, 11) is 0. The molecule has 0 aliphatic rings. The quantitative estimate of drug-likeness (QED) is 0.584. The molecule has 0 aliphatic carbocycles. The van der Waals surface area contributed by atoms with Gasteiger partial charge < -0.3 is 16.4 Å². The van der Waals surface area contributed by atoms with Gasteiger partial charge in [0.05, 0.1) is 0 Å². The Morgan fingerprint density at radius 1 is 0.467 bits per heavy atom. The molecule has 5 heteroatoms. The van der Waals surface area contributed by atoms with Crippen LogP contribution < -0.4 is 0 Å². The van der Waals surface area contributed by atoms with E-state index < -0.39 is 0 Å². The van der Waals surface area contributed by atoms with E-state index in [0.717, 1.165) is 0 Å². The summed E-state index contributed by atoms with van der Waals surface area (Å²) in [5, 5.41) is 2.62. The van der Waals surface area contributed by atoms with Gasteiger partial charge >= 0.3 is 83.5 Å². The van der Waals surface area contributed by atoms with Crippen LogP contribution in [0.2, 0.25) is 0 Å². The van der Waals surface area contributed by atoms with Gasteiger partial charge in [0.15, 0.2) is 0 Å². The third-order valence-corrected chi connectivity index (χ3v) is 1.66. The van der Waals surface area contributed by atoms with Crippen LogP contribution in [0.5, 0.6) is 0 Å². The van der Waals surface area contributed by atoms with Crippen LogP contribution in [0.1, 0.15) is 0 Å². The van der Waals surface area contributed by atoms with Gasteiger partial charge in [-0.15, -0.1) is 0 Å². The standard InChI is InChI=1S/C10H8.2Ce.3O/c1-2-6-10-8-4-3-7-9(10)5-1;;;;;/h1-8H;;;;;/q;2*+3;3*-2. The molecule has 2 rings (SSSR count). The molecule has 0 N–H and O–H groups in total. The van der Waals surface area contributed by atoms with E-state index in [1.54, 1.807) is 0 Å². The number of hydrogen-bond donors (Lipinski definition) is 0. The molecule has 0 amide bonds. The SMILES string of the molecule is [Ce+3].[Ce+3].[O-2].[O-2].[O-2].c1ccc2ccccc2c1. The Morgan fingerprint density at radius 3 is 0.867 bits per heavy atom. The van der Waals surface area contributed by atoms with Gasteiger partial charge in [-0.25, -0.2) is 0 Å². The molecular formula is C10H8Ce2O3. The molecule has 0 saturated carbocycles. The third-order valence-electron chi connectivity index (χ3n) is 1.66. The first kappa shape index (κ1) is 25.2. The Balaban J connectivity index is -0.000000121. The first-order chi connectivity index (χ1) is 4.97. The van der Waals surface area contributed by atoms with Crippen LogP contribution in [0.15, 0.2) is 48.5 Å². The van der Waals surface area contributed by atoms with Crippen molar-refractivity contribution < 1.29 is 99.9 Å². The van der Waals surface area contributed by atoms with E-state index in [2.05, 4.69) is 48.5 Å². The molecule has 0 saturated heterocycles. The van der Waals surface area contributed by atoms with Gasteiger partial charge in [-0.3, -0.25) is 0 Å². The van der Waals surface area contributed by atoms with Gasteiger partial charge in [-0.05, 0) is 10.8 Å². The fourth-order valence-electron chi connectivity index (χ4n) is 1.13. The summed E-state index contributed by atoms with van der Waals surface area (Å²) in [6.45, 7) is 0. The molecule has 0 unspecified atom stereocenters. The second-order valence-corrected chi connectivity index (χ2v) is 2.35. The van der Waals surface area contributed by atoms with Crippen molar-refractivity contribution in [2.75, 3.05) is 0 Å². The molecule has 74 valence electrons. The van der Waals surface area contributed by atoms with Crippen molar-refractivity contribution in [1.82, 2.24) is 0 Å². The predicted octanol–water partition coefficient (Wildman–Crippen LogP) is 2.48. The zero-order chi connectivity index (χ0) is 6.81. The maximum Gasteiger partial charge on any atom is 3.00 e. The summed E-state index contributed by atoms with van der Waals surface area (Å²) in [6, 6.07) is 16.7. The Morgan fingerprint density at radius 2 is 0.667 bits per heavy atom. The molecule has 15 heavy (non-hydrogen) atoms. The van der Waals surface area contributed by atoms with Crippen LogP contribution >= 0.6 is 0 Å². The minimum absolute atomic E-state index is 0. The Kier molecular flexibility index (Phi) is 22.6. The van der Waals surface area contributed by atoms with E-state index in [4.69, 9.17) is 0 Å². The minimum Gasteiger partial charge on any atom is -2.00 e. The smallest absolute Gasteiger partial charge is 2.00 e. The number of fused-ring (bicyclic) bond motifs is 1. The monoisotopic (exact) mass is 456 g/mol. The first-order valence-electron chi connectivity index (χ1n) is 3.40. The summed E-state index contributed by atoms with van der Waals surface area (Å²) < 4.78 is 0. The van der Waals surface area contributed by atoms with Crippen LogP contribution in [0.4, 0.5) is 0 Å². The van der Waals surface area contributed by atoms with Crippen molar-refractivity contribution >= 4 is 10.8 Å². The molecule has 0 atom stereocenters. The Hall–Kier alpha value is 1.33. The van der Waals surface area contributed by atoms with Gasteiger partial charge in [-0.1, -0.05) is 48.5 Å². The van der Waals surface area contributed by atoms with Crippen LogP contribution in [0.3, 0.4) is 0 Å². The van der Waals surface area contributed by atoms with E-state index in [-0.39, 0.29) is 99.9 Å². The molecule has 2 aromatic carbocycles. The summed E-state index contributed by atoms with van der Waals surface area (Å²) in [4.78, 5) is 0. The van der Waals surface area contributed by atoms with Crippen molar-refractivity contribution in [1.29, 1.82) is 0 Å². The van der Waals surface area contributed by atoms with E-state index >= 15 is 0 Å². The largest absolute Gasteiger partial charge is 3.00 e. The van der Waals surface area contributed by atoms with Crippen LogP contribution in [-0.4, -0.2) is 0 Å². The zero-order valence-electron chi connectivity index (χ0n) is 7.84. The molecule has 0 aliphatic heterocycles. The van der Waals surface area contributed by atoms with Crippen molar-refractivity contribution in [3.05, 3.63) is 48.5 Å². The summed E-state index contributed by atoms with van der Waals surface area (Å²) >= 11 is 0. The second kappa shape index (κ2) is 13.4. The zero-order valence-corrected chi connectivity index (χ0v) is 14.1. The molecule has 0 fully saturated rings. The summed E-state index contributed by atoms with van der Waals surface area (Å²) in [5.41, 5.74) is 0. The maximum absolute atomic E-state index is 2.12. The van der Waals surface area contributed by atoms with Crippen molar-refractivity contribution in [3.63, 3.8) is 0 Å². The average molecular weight is 456 g/mol. The molecule has 0 heterocycles. The van der Waals surface area contributed by atoms with Gasteiger partial charge in [0.25, 0.3) is 0 Å². The Labute approximate surface area is 156 Å².